The van der Waals surface area contributed by atoms with E-state index in [0.717, 1.165) is 25.2 Å². The molecule has 2 aromatic carbocycles. The van der Waals surface area contributed by atoms with Crippen molar-refractivity contribution in [3.8, 4) is 0 Å². The zero-order chi connectivity index (χ0) is 21.8. The number of hydrogen-bond acceptors (Lipinski definition) is 3. The average molecular weight is 414 g/mol. The highest BCUT2D eigenvalue weighted by Gasteiger charge is 2.45. The number of nitrogens with one attached hydrogen (secondary N) is 1. The molecule has 1 N–H and O–H groups in total. The number of rotatable bonds is 7. The highest BCUT2D eigenvalue weighted by atomic mass is 19.1. The van der Waals surface area contributed by atoms with Crippen LogP contribution in [0.2, 0.25) is 0 Å². The van der Waals surface area contributed by atoms with Crippen molar-refractivity contribution in [1.29, 1.82) is 0 Å². The number of amides is 1. The molecule has 1 fully saturated rings. The topological polar surface area (TPSA) is 64.9 Å². The number of quaternary nitrogens is 1. The van der Waals surface area contributed by atoms with E-state index in [-0.39, 0.29) is 23.2 Å². The predicted octanol–water partition coefficient (Wildman–Crippen LogP) is 1.11. The third-order valence-electron chi connectivity index (χ3n) is 5.54. The highest BCUT2D eigenvalue weighted by molar-refractivity contribution is 6.46. The summed E-state index contributed by atoms with van der Waals surface area (Å²) in [7, 11) is 0. The number of likely N-dealkylation sites (N-methyl/N-ethyl adjacent to an activating group) is 1. The molecule has 0 radical (unpaired) electrons. The van der Waals surface area contributed by atoms with E-state index in [4.69, 9.17) is 0 Å². The van der Waals surface area contributed by atoms with Crippen LogP contribution in [0.25, 0.3) is 5.76 Å². The minimum Gasteiger partial charge on any atom is -0.872 e. The molecule has 30 heavy (non-hydrogen) atoms. The van der Waals surface area contributed by atoms with Crippen molar-refractivity contribution in [3.05, 3.63) is 76.9 Å². The summed E-state index contributed by atoms with van der Waals surface area (Å²) < 4.78 is 27.9. The molecule has 0 bridgehead atoms. The first-order valence-electron chi connectivity index (χ1n) is 9.99. The summed E-state index contributed by atoms with van der Waals surface area (Å²) in [6, 6.07) is 9.41. The van der Waals surface area contributed by atoms with Gasteiger partial charge in [-0.1, -0.05) is 36.1 Å². The van der Waals surface area contributed by atoms with E-state index in [0.29, 0.717) is 6.54 Å². The van der Waals surface area contributed by atoms with Gasteiger partial charge in [0.05, 0.1) is 32.2 Å². The molecule has 0 aromatic heterocycles. The molecule has 1 aliphatic rings. The summed E-state index contributed by atoms with van der Waals surface area (Å²) in [4.78, 5) is 28.1. The van der Waals surface area contributed by atoms with Gasteiger partial charge in [0.25, 0.3) is 5.91 Å². The van der Waals surface area contributed by atoms with Crippen LogP contribution >= 0.6 is 0 Å². The SMILES string of the molecule is CC[NH+](CC)CCN1C(=O)C(=O)C(=C([O-])c2ccc(F)cc2)C1c1ccccc1F. The molecule has 2 aromatic rings. The van der Waals surface area contributed by atoms with Gasteiger partial charge in [-0.3, -0.25) is 9.59 Å². The minimum atomic E-state index is -1.11. The Kier molecular flexibility index (Phi) is 6.62. The number of ketones is 1. The number of carbonyl (C=O) groups excluding carboxylic acids is 2. The summed E-state index contributed by atoms with van der Waals surface area (Å²) in [6.45, 7) is 6.47. The largest absolute Gasteiger partial charge is 0.872 e. The van der Waals surface area contributed by atoms with Crippen molar-refractivity contribution in [3.63, 3.8) is 0 Å². The Bertz CT molecular complexity index is 969. The molecule has 1 unspecified atom stereocenters. The maximum Gasteiger partial charge on any atom is 0.295 e. The molecule has 1 heterocycles. The Morgan fingerprint density at radius 1 is 1.03 bits per heavy atom. The second-order valence-corrected chi connectivity index (χ2v) is 7.21. The lowest BCUT2D eigenvalue weighted by atomic mass is 9.95. The van der Waals surface area contributed by atoms with E-state index < -0.39 is 35.1 Å². The lowest BCUT2D eigenvalue weighted by Crippen LogP contribution is -3.12. The molecule has 0 aliphatic carbocycles. The molecule has 1 aliphatic heterocycles. The van der Waals surface area contributed by atoms with Crippen LogP contribution in [0.1, 0.15) is 31.0 Å². The lowest BCUT2D eigenvalue weighted by Gasteiger charge is -2.28. The Morgan fingerprint density at radius 2 is 1.67 bits per heavy atom. The number of nitrogens with zero attached hydrogens (tertiary/aromatic N) is 1. The van der Waals surface area contributed by atoms with Gasteiger partial charge < -0.3 is 14.9 Å². The van der Waals surface area contributed by atoms with Crippen molar-refractivity contribution >= 4 is 17.4 Å². The summed E-state index contributed by atoms with van der Waals surface area (Å²) in [5.41, 5.74) is -0.131. The minimum absolute atomic E-state index is 0.0742. The van der Waals surface area contributed by atoms with Crippen molar-refractivity contribution in [1.82, 2.24) is 4.90 Å². The fourth-order valence-corrected chi connectivity index (χ4v) is 3.76. The number of benzene rings is 2. The van der Waals surface area contributed by atoms with Crippen LogP contribution in [0, 0.1) is 11.6 Å². The van der Waals surface area contributed by atoms with Crippen LogP contribution in [-0.4, -0.2) is 42.8 Å². The summed E-state index contributed by atoms with van der Waals surface area (Å²) in [5.74, 6) is -3.58. The van der Waals surface area contributed by atoms with Crippen molar-refractivity contribution in [2.45, 2.75) is 19.9 Å². The van der Waals surface area contributed by atoms with E-state index in [9.17, 15) is 23.5 Å². The van der Waals surface area contributed by atoms with E-state index >= 15 is 0 Å². The Balaban J connectivity index is 2.11. The molecule has 5 nitrogen and oxygen atoms in total. The van der Waals surface area contributed by atoms with Crippen LogP contribution in [-0.2, 0) is 9.59 Å². The number of halogens is 2. The molecule has 158 valence electrons. The Labute approximate surface area is 174 Å². The van der Waals surface area contributed by atoms with Gasteiger partial charge in [0.15, 0.2) is 0 Å². The quantitative estimate of drug-likeness (QED) is 0.420. The molecule has 7 heteroatoms. The van der Waals surface area contributed by atoms with Gasteiger partial charge >= 0.3 is 0 Å². The Morgan fingerprint density at radius 3 is 2.27 bits per heavy atom. The third kappa shape index (κ3) is 4.11. The van der Waals surface area contributed by atoms with Gasteiger partial charge in [-0.2, -0.15) is 0 Å². The molecule has 3 rings (SSSR count). The second-order valence-electron chi connectivity index (χ2n) is 7.21. The molecule has 0 spiro atoms. The molecule has 1 atom stereocenters. The average Bonchev–Trinajstić information content (AvgIpc) is 2.99. The first kappa shape index (κ1) is 21.6. The fourth-order valence-electron chi connectivity index (χ4n) is 3.76. The smallest absolute Gasteiger partial charge is 0.295 e. The van der Waals surface area contributed by atoms with Gasteiger partial charge in [0.1, 0.15) is 11.6 Å². The van der Waals surface area contributed by atoms with Gasteiger partial charge in [-0.05, 0) is 37.6 Å². The third-order valence-corrected chi connectivity index (χ3v) is 5.54. The van der Waals surface area contributed by atoms with Gasteiger partial charge in [-0.25, -0.2) is 8.78 Å². The van der Waals surface area contributed by atoms with Crippen molar-refractivity contribution in [2.24, 2.45) is 0 Å². The Hall–Kier alpha value is -3.06. The monoisotopic (exact) mass is 414 g/mol. The van der Waals surface area contributed by atoms with E-state index in [1.807, 2.05) is 13.8 Å². The van der Waals surface area contributed by atoms with Gasteiger partial charge in [0.2, 0.25) is 5.78 Å². The number of Topliss-reactive ketones (excluding diaryl/α,β-unsaturated/α-hetero) is 1. The number of hydrogen-bond donors (Lipinski definition) is 1. The molecule has 1 saturated heterocycles. The fraction of sp³-hybridized carbons (Fsp3) is 0.304. The first-order chi connectivity index (χ1) is 14.4. The van der Waals surface area contributed by atoms with Crippen molar-refractivity contribution < 1.29 is 28.4 Å². The van der Waals surface area contributed by atoms with Crippen molar-refractivity contribution in [2.75, 3.05) is 26.2 Å². The van der Waals surface area contributed by atoms with Gasteiger partial charge in [-0.15, -0.1) is 0 Å². The van der Waals surface area contributed by atoms with Crippen LogP contribution in [0.15, 0.2) is 54.1 Å². The maximum absolute atomic E-state index is 14.7. The molecular weight excluding hydrogens is 390 g/mol. The zero-order valence-corrected chi connectivity index (χ0v) is 17.0. The molecule has 0 saturated carbocycles. The van der Waals surface area contributed by atoms with Gasteiger partial charge in [0, 0.05) is 11.1 Å². The summed E-state index contributed by atoms with van der Waals surface area (Å²) >= 11 is 0. The molecular formula is C23H24F2N2O3. The first-order valence-corrected chi connectivity index (χ1v) is 9.99. The second kappa shape index (κ2) is 9.17. The number of likely N-dealkylation sites (tertiary alicyclic amines) is 1. The molecule has 1 amide bonds. The standard InChI is InChI=1S/C23H24F2N2O3/c1-3-26(4-2)13-14-27-20(17-7-5-6-8-18(17)25)19(22(29)23(27)30)21(28)15-9-11-16(24)12-10-15/h5-12,20,28H,3-4,13-14H2,1-2H3. The number of carbonyl (C=O) groups is 2. The summed E-state index contributed by atoms with van der Waals surface area (Å²) in [5, 5.41) is 13.1. The van der Waals surface area contributed by atoms with Crippen LogP contribution in [0.3, 0.4) is 0 Å². The zero-order valence-electron chi connectivity index (χ0n) is 17.0. The maximum atomic E-state index is 14.7. The van der Waals surface area contributed by atoms with E-state index in [2.05, 4.69) is 0 Å². The van der Waals surface area contributed by atoms with E-state index in [1.165, 1.54) is 40.1 Å². The normalized spacial score (nSPS) is 18.4. The van der Waals surface area contributed by atoms with E-state index in [1.54, 1.807) is 6.07 Å². The predicted molar refractivity (Wildman–Crippen MR) is 106 cm³/mol. The lowest BCUT2D eigenvalue weighted by molar-refractivity contribution is -0.895. The summed E-state index contributed by atoms with van der Waals surface area (Å²) in [6.07, 6.45) is 0. The van der Waals surface area contributed by atoms with Crippen LogP contribution < -0.4 is 10.0 Å². The van der Waals surface area contributed by atoms with Crippen LogP contribution in [0.4, 0.5) is 8.78 Å². The highest BCUT2D eigenvalue weighted by Crippen LogP contribution is 2.39. The van der Waals surface area contributed by atoms with Crippen LogP contribution in [0.5, 0.6) is 0 Å².